The van der Waals surface area contributed by atoms with Gasteiger partial charge in [-0.2, -0.15) is 0 Å². The lowest BCUT2D eigenvalue weighted by Crippen LogP contribution is -1.94. The molecule has 0 fully saturated rings. The zero-order valence-electron chi connectivity index (χ0n) is 16.4. The first kappa shape index (κ1) is 23.5. The van der Waals surface area contributed by atoms with Crippen LogP contribution in [0.5, 0.6) is 0 Å². The summed E-state index contributed by atoms with van der Waals surface area (Å²) >= 11 is 0. The van der Waals surface area contributed by atoms with Gasteiger partial charge in [-0.15, -0.1) is 0 Å². The first-order valence-electron chi connectivity index (χ1n) is 10.7. The molecule has 0 aliphatic heterocycles. The number of allylic oxidation sites excluding steroid dienone is 2. The molecule has 0 bridgehead atoms. The molecule has 2 heteroatoms. The summed E-state index contributed by atoms with van der Waals surface area (Å²) in [6.45, 7) is 2.28. The van der Waals surface area contributed by atoms with Crippen LogP contribution in [-0.2, 0) is 4.79 Å². The molecule has 0 amide bonds. The second kappa shape index (κ2) is 20.5. The van der Waals surface area contributed by atoms with E-state index >= 15 is 0 Å². The second-order valence-corrected chi connectivity index (χ2v) is 7.21. The van der Waals surface area contributed by atoms with Crippen molar-refractivity contribution in [3.63, 3.8) is 0 Å². The number of carbonyl (C=O) groups excluding carboxylic acids is 1. The summed E-state index contributed by atoms with van der Waals surface area (Å²) < 4.78 is 0. The van der Waals surface area contributed by atoms with Gasteiger partial charge in [0.15, 0.2) is 7.85 Å². The van der Waals surface area contributed by atoms with Crippen LogP contribution in [0.1, 0.15) is 122 Å². The Bertz CT molecular complexity index is 286. The van der Waals surface area contributed by atoms with E-state index in [1.54, 1.807) is 0 Å². The first-order chi connectivity index (χ1) is 11.8. The van der Waals surface area contributed by atoms with Crippen LogP contribution in [0.25, 0.3) is 0 Å². The molecule has 0 aromatic rings. The molecule has 0 spiro atoms. The predicted octanol–water partition coefficient (Wildman–Crippen LogP) is 7.28. The van der Waals surface area contributed by atoms with E-state index in [1.165, 1.54) is 96.3 Å². The van der Waals surface area contributed by atoms with Gasteiger partial charge in [-0.1, -0.05) is 96.1 Å². The fraction of sp³-hybridized carbons (Fsp3) is 0.864. The molecule has 0 atom stereocenters. The smallest absolute Gasteiger partial charge is 0.167 e. The Morgan fingerprint density at radius 1 is 0.625 bits per heavy atom. The van der Waals surface area contributed by atoms with Crippen molar-refractivity contribution in [2.24, 2.45) is 0 Å². The van der Waals surface area contributed by atoms with Gasteiger partial charge in [0.1, 0.15) is 0 Å². The van der Waals surface area contributed by atoms with Crippen LogP contribution in [-0.4, -0.2) is 13.5 Å². The summed E-state index contributed by atoms with van der Waals surface area (Å²) in [6, 6.07) is 0. The van der Waals surface area contributed by atoms with E-state index in [-0.39, 0.29) is 5.68 Å². The Morgan fingerprint density at radius 2 is 1.00 bits per heavy atom. The van der Waals surface area contributed by atoms with Gasteiger partial charge in [-0.3, -0.25) is 0 Å². The summed E-state index contributed by atoms with van der Waals surface area (Å²) in [5, 5.41) is 0. The molecular formula is C22H41BO. The number of unbranched alkanes of at least 4 members (excludes halogenated alkanes) is 15. The normalized spacial score (nSPS) is 11.4. The fourth-order valence-corrected chi connectivity index (χ4v) is 3.08. The maximum Gasteiger partial charge on any atom is 0.167 e. The number of hydrogen-bond acceptors (Lipinski definition) is 1. The quantitative estimate of drug-likeness (QED) is 0.138. The van der Waals surface area contributed by atoms with Crippen LogP contribution < -0.4 is 0 Å². The minimum Gasteiger partial charge on any atom is -0.313 e. The maximum atomic E-state index is 10.6. The maximum absolute atomic E-state index is 10.6. The molecule has 0 saturated carbocycles. The zero-order chi connectivity index (χ0) is 17.7. The van der Waals surface area contributed by atoms with Crippen LogP contribution in [0.15, 0.2) is 12.2 Å². The van der Waals surface area contributed by atoms with Gasteiger partial charge in [0.2, 0.25) is 0 Å². The van der Waals surface area contributed by atoms with E-state index in [0.717, 1.165) is 12.8 Å². The molecule has 138 valence electrons. The van der Waals surface area contributed by atoms with E-state index in [1.807, 2.05) is 0 Å². The molecular weight excluding hydrogens is 291 g/mol. The van der Waals surface area contributed by atoms with Crippen molar-refractivity contribution in [3.8, 4) is 0 Å². The topological polar surface area (TPSA) is 17.1 Å². The highest BCUT2D eigenvalue weighted by Crippen LogP contribution is 2.12. The largest absolute Gasteiger partial charge is 0.313 e. The third-order valence-electron chi connectivity index (χ3n) is 4.68. The van der Waals surface area contributed by atoms with Crippen molar-refractivity contribution >= 4 is 13.5 Å². The average molecular weight is 332 g/mol. The summed E-state index contributed by atoms with van der Waals surface area (Å²) in [5.74, 6) is 0. The minimum absolute atomic E-state index is 0.156. The van der Waals surface area contributed by atoms with Crippen LogP contribution in [0.3, 0.4) is 0 Å². The van der Waals surface area contributed by atoms with Crippen LogP contribution in [0, 0.1) is 0 Å². The number of rotatable bonds is 19. The Labute approximate surface area is 153 Å². The van der Waals surface area contributed by atoms with Gasteiger partial charge in [0.25, 0.3) is 0 Å². The van der Waals surface area contributed by atoms with Crippen molar-refractivity contribution in [2.45, 2.75) is 122 Å². The molecule has 0 saturated heterocycles. The van der Waals surface area contributed by atoms with E-state index in [2.05, 4.69) is 19.1 Å². The van der Waals surface area contributed by atoms with Crippen LogP contribution >= 0.6 is 0 Å². The fourth-order valence-electron chi connectivity index (χ4n) is 3.08. The average Bonchev–Trinajstić information content (AvgIpc) is 2.56. The molecule has 1 nitrogen and oxygen atoms in total. The van der Waals surface area contributed by atoms with E-state index in [9.17, 15) is 4.79 Å². The lowest BCUT2D eigenvalue weighted by Gasteiger charge is -2.01. The molecule has 0 aromatic carbocycles. The molecule has 0 unspecified atom stereocenters. The zero-order valence-corrected chi connectivity index (χ0v) is 16.4. The standard InChI is InChI=1S/C22H41BO/c1-2-3-4-5-6-7-8-9-10-11-12-13-14-15-16-17-18-19-20-21-22(23)24/h9-10H,2-8,11-21H2,1H3. The minimum atomic E-state index is -0.156. The summed E-state index contributed by atoms with van der Waals surface area (Å²) in [7, 11) is 5.13. The predicted molar refractivity (Wildman–Crippen MR) is 109 cm³/mol. The Hall–Kier alpha value is -0.525. The molecule has 0 heterocycles. The number of carbonyl (C=O) groups is 1. The third-order valence-corrected chi connectivity index (χ3v) is 4.68. The Balaban J connectivity index is 3.06. The van der Waals surface area contributed by atoms with E-state index in [0.29, 0.717) is 6.42 Å². The highest BCUT2D eigenvalue weighted by Gasteiger charge is 1.95. The summed E-state index contributed by atoms with van der Waals surface area (Å²) in [5.41, 5.74) is -0.156. The van der Waals surface area contributed by atoms with E-state index < -0.39 is 0 Å². The van der Waals surface area contributed by atoms with Crippen molar-refractivity contribution in [1.82, 2.24) is 0 Å². The summed E-state index contributed by atoms with van der Waals surface area (Å²) in [6.07, 6.45) is 27.8. The molecule has 0 rings (SSSR count). The van der Waals surface area contributed by atoms with Crippen molar-refractivity contribution in [3.05, 3.63) is 12.2 Å². The Kier molecular flexibility index (Phi) is 20.1. The molecule has 0 N–H and O–H groups in total. The molecule has 0 aliphatic rings. The molecule has 0 aromatic heterocycles. The van der Waals surface area contributed by atoms with Gasteiger partial charge < -0.3 is 4.79 Å². The van der Waals surface area contributed by atoms with Crippen molar-refractivity contribution < 1.29 is 4.79 Å². The summed E-state index contributed by atoms with van der Waals surface area (Å²) in [4.78, 5) is 10.6. The van der Waals surface area contributed by atoms with Gasteiger partial charge >= 0.3 is 0 Å². The molecule has 24 heavy (non-hydrogen) atoms. The van der Waals surface area contributed by atoms with Crippen LogP contribution in [0.4, 0.5) is 0 Å². The van der Waals surface area contributed by atoms with Gasteiger partial charge in [-0.25, -0.2) is 0 Å². The SMILES string of the molecule is [B]C(=O)CCCCCCCCCCCC=CCCCCCCCC. The highest BCUT2D eigenvalue weighted by atomic mass is 16.1. The molecule has 2 radical (unpaired) electrons. The second-order valence-electron chi connectivity index (χ2n) is 7.21. The van der Waals surface area contributed by atoms with Crippen molar-refractivity contribution in [2.75, 3.05) is 0 Å². The highest BCUT2D eigenvalue weighted by molar-refractivity contribution is 6.57. The van der Waals surface area contributed by atoms with Crippen LogP contribution in [0.2, 0.25) is 0 Å². The monoisotopic (exact) mass is 332 g/mol. The number of hydrogen-bond donors (Lipinski definition) is 0. The third kappa shape index (κ3) is 21.5. The van der Waals surface area contributed by atoms with E-state index in [4.69, 9.17) is 7.85 Å². The van der Waals surface area contributed by atoms with Gasteiger partial charge in [-0.05, 0) is 38.5 Å². The molecule has 0 aliphatic carbocycles. The first-order valence-corrected chi connectivity index (χ1v) is 10.7. The van der Waals surface area contributed by atoms with Gasteiger partial charge in [0, 0.05) is 0 Å². The lowest BCUT2D eigenvalue weighted by molar-refractivity contribution is -0.111. The lowest BCUT2D eigenvalue weighted by atomic mass is 9.96. The Morgan fingerprint density at radius 3 is 1.42 bits per heavy atom. The van der Waals surface area contributed by atoms with Gasteiger partial charge in [0.05, 0.1) is 5.68 Å². The van der Waals surface area contributed by atoms with Crippen molar-refractivity contribution in [1.29, 1.82) is 0 Å².